The molecule has 0 saturated carbocycles. The van der Waals surface area contributed by atoms with E-state index < -0.39 is 0 Å². The highest BCUT2D eigenvalue weighted by Crippen LogP contribution is 2.05. The van der Waals surface area contributed by atoms with E-state index in [4.69, 9.17) is 0 Å². The maximum atomic E-state index is 12.1. The Balaban J connectivity index is 1.77. The van der Waals surface area contributed by atoms with E-state index in [0.29, 0.717) is 6.54 Å². The fraction of sp³-hybridized carbons (Fsp3) is 0.200. The minimum Gasteiger partial charge on any atom is -0.337 e. The Labute approximate surface area is 106 Å². The number of carbonyl (C=O) groups excluding carboxylic acids is 1. The molecule has 2 aromatic rings. The van der Waals surface area contributed by atoms with Crippen molar-refractivity contribution in [3.8, 4) is 0 Å². The Kier molecular flexibility index (Phi) is 2.81. The third kappa shape index (κ3) is 2.12. The van der Waals surface area contributed by atoms with Gasteiger partial charge in [-0.15, -0.1) is 0 Å². The van der Waals surface area contributed by atoms with Gasteiger partial charge < -0.3 is 4.57 Å². The summed E-state index contributed by atoms with van der Waals surface area (Å²) in [4.78, 5) is 12.1. The standard InChI is InChI=1S/C15H15N2O/c18-15(13-5-2-1-3-6-13)12-16-9-10-17-8-4-7-14(17)11-16/h1-8,11H,9-10,12H2/q+1. The number of fused-ring (bicyclic) bond motifs is 1. The van der Waals surface area contributed by atoms with E-state index in [1.807, 2.05) is 36.4 Å². The van der Waals surface area contributed by atoms with Gasteiger partial charge in [0.25, 0.3) is 0 Å². The number of Topliss-reactive ketones (excluding diaryl/α,β-unsaturated/α-hetero) is 1. The van der Waals surface area contributed by atoms with Crippen molar-refractivity contribution in [1.29, 1.82) is 0 Å². The summed E-state index contributed by atoms with van der Waals surface area (Å²) in [5, 5.41) is 0. The lowest BCUT2D eigenvalue weighted by molar-refractivity contribution is -0.513. The monoisotopic (exact) mass is 239 g/mol. The first-order chi connectivity index (χ1) is 8.83. The van der Waals surface area contributed by atoms with Crippen LogP contribution in [0.2, 0.25) is 0 Å². The number of carbonyl (C=O) groups is 1. The Morgan fingerprint density at radius 1 is 1.17 bits per heavy atom. The number of rotatable bonds is 3. The third-order valence-corrected chi connectivity index (χ3v) is 3.25. The van der Waals surface area contributed by atoms with Crippen molar-refractivity contribution in [3.05, 3.63) is 59.9 Å². The fourth-order valence-corrected chi connectivity index (χ4v) is 2.26. The molecule has 0 fully saturated rings. The van der Waals surface area contributed by atoms with Crippen LogP contribution in [0.25, 0.3) is 0 Å². The van der Waals surface area contributed by atoms with Gasteiger partial charge in [0.2, 0.25) is 12.3 Å². The second-order valence-corrected chi connectivity index (χ2v) is 4.52. The van der Waals surface area contributed by atoms with Gasteiger partial charge in [-0.2, -0.15) is 0 Å². The molecule has 1 aromatic heterocycles. The largest absolute Gasteiger partial charge is 0.337 e. The lowest BCUT2D eigenvalue weighted by Crippen LogP contribution is -2.30. The van der Waals surface area contributed by atoms with Gasteiger partial charge in [0.15, 0.2) is 12.8 Å². The van der Waals surface area contributed by atoms with Crippen LogP contribution < -0.4 is 0 Å². The normalized spacial score (nSPS) is 13.9. The molecule has 3 nitrogen and oxygen atoms in total. The lowest BCUT2D eigenvalue weighted by Gasteiger charge is -2.11. The zero-order valence-corrected chi connectivity index (χ0v) is 10.1. The van der Waals surface area contributed by atoms with Crippen LogP contribution in [0.1, 0.15) is 16.1 Å². The van der Waals surface area contributed by atoms with Gasteiger partial charge in [0.1, 0.15) is 5.69 Å². The van der Waals surface area contributed by atoms with E-state index in [2.05, 4.69) is 27.6 Å². The van der Waals surface area contributed by atoms with Crippen LogP contribution in [0, 0.1) is 0 Å². The average Bonchev–Trinajstić information content (AvgIpc) is 2.87. The first kappa shape index (κ1) is 11.0. The number of hydrogen-bond acceptors (Lipinski definition) is 1. The predicted molar refractivity (Wildman–Crippen MR) is 70.4 cm³/mol. The Hall–Kier alpha value is -2.16. The van der Waals surface area contributed by atoms with Gasteiger partial charge in [-0.3, -0.25) is 4.79 Å². The SMILES string of the molecule is O=C(C[N+]1=Cc2cccn2CC1)c1ccccc1. The molecular formula is C15H15N2O+. The highest BCUT2D eigenvalue weighted by molar-refractivity contribution is 5.97. The van der Waals surface area contributed by atoms with Crippen molar-refractivity contribution in [2.45, 2.75) is 6.54 Å². The molecule has 0 amide bonds. The molecule has 0 N–H and O–H groups in total. The van der Waals surface area contributed by atoms with Crippen LogP contribution in [0.15, 0.2) is 48.7 Å². The average molecular weight is 239 g/mol. The molecule has 1 aliphatic rings. The van der Waals surface area contributed by atoms with Crippen molar-refractivity contribution >= 4 is 12.0 Å². The van der Waals surface area contributed by atoms with Crippen molar-refractivity contribution in [3.63, 3.8) is 0 Å². The molecule has 0 saturated heterocycles. The molecule has 0 atom stereocenters. The quantitative estimate of drug-likeness (QED) is 0.592. The number of nitrogens with zero attached hydrogens (tertiary/aromatic N) is 2. The van der Waals surface area contributed by atoms with Gasteiger partial charge in [-0.25, -0.2) is 4.58 Å². The van der Waals surface area contributed by atoms with Crippen LogP contribution in [0.5, 0.6) is 0 Å². The molecule has 0 spiro atoms. The van der Waals surface area contributed by atoms with Gasteiger partial charge >= 0.3 is 0 Å². The first-order valence-corrected chi connectivity index (χ1v) is 6.15. The Bertz CT molecular complexity index is 596. The minimum atomic E-state index is 0.173. The molecule has 0 aliphatic carbocycles. The summed E-state index contributed by atoms with van der Waals surface area (Å²) in [5.41, 5.74) is 1.95. The maximum Gasteiger partial charge on any atom is 0.227 e. The fourth-order valence-electron chi connectivity index (χ4n) is 2.26. The molecule has 3 rings (SSSR count). The number of ketones is 1. The van der Waals surface area contributed by atoms with Crippen molar-refractivity contribution in [2.24, 2.45) is 0 Å². The molecular weight excluding hydrogens is 224 g/mol. The highest BCUT2D eigenvalue weighted by atomic mass is 16.1. The van der Waals surface area contributed by atoms with E-state index in [9.17, 15) is 4.79 Å². The molecule has 18 heavy (non-hydrogen) atoms. The number of benzene rings is 1. The molecule has 90 valence electrons. The summed E-state index contributed by atoms with van der Waals surface area (Å²) in [6, 6.07) is 13.6. The maximum absolute atomic E-state index is 12.1. The first-order valence-electron chi connectivity index (χ1n) is 6.15. The molecule has 2 heterocycles. The molecule has 3 heteroatoms. The van der Waals surface area contributed by atoms with Crippen LogP contribution in [-0.4, -0.2) is 34.2 Å². The van der Waals surface area contributed by atoms with E-state index in [1.54, 1.807) is 0 Å². The van der Waals surface area contributed by atoms with E-state index in [1.165, 1.54) is 5.69 Å². The summed E-state index contributed by atoms with van der Waals surface area (Å²) in [5.74, 6) is 0.173. The summed E-state index contributed by atoms with van der Waals surface area (Å²) in [7, 11) is 0. The summed E-state index contributed by atoms with van der Waals surface area (Å²) >= 11 is 0. The van der Waals surface area contributed by atoms with E-state index in [-0.39, 0.29) is 5.78 Å². The molecule has 1 aromatic carbocycles. The van der Waals surface area contributed by atoms with Crippen molar-refractivity contribution < 1.29 is 9.37 Å². The van der Waals surface area contributed by atoms with Gasteiger partial charge in [-0.05, 0) is 12.1 Å². The molecule has 0 radical (unpaired) electrons. The van der Waals surface area contributed by atoms with Gasteiger partial charge in [0.05, 0.1) is 6.54 Å². The van der Waals surface area contributed by atoms with Crippen LogP contribution >= 0.6 is 0 Å². The summed E-state index contributed by atoms with van der Waals surface area (Å²) < 4.78 is 4.29. The Morgan fingerprint density at radius 3 is 2.83 bits per heavy atom. The highest BCUT2D eigenvalue weighted by Gasteiger charge is 2.18. The van der Waals surface area contributed by atoms with Crippen molar-refractivity contribution in [1.82, 2.24) is 4.57 Å². The van der Waals surface area contributed by atoms with Crippen molar-refractivity contribution in [2.75, 3.05) is 13.1 Å². The predicted octanol–water partition coefficient (Wildman–Crippen LogP) is 1.82. The van der Waals surface area contributed by atoms with Crippen LogP contribution in [0.3, 0.4) is 0 Å². The molecule has 0 bridgehead atoms. The topological polar surface area (TPSA) is 25.0 Å². The lowest BCUT2D eigenvalue weighted by atomic mass is 10.1. The second-order valence-electron chi connectivity index (χ2n) is 4.52. The van der Waals surface area contributed by atoms with Gasteiger partial charge in [-0.1, -0.05) is 30.3 Å². The minimum absolute atomic E-state index is 0.173. The molecule has 1 aliphatic heterocycles. The summed E-state index contributed by atoms with van der Waals surface area (Å²) in [6.45, 7) is 2.29. The summed E-state index contributed by atoms with van der Waals surface area (Å²) in [6.07, 6.45) is 4.13. The molecule has 0 unspecified atom stereocenters. The van der Waals surface area contributed by atoms with Crippen LogP contribution in [0.4, 0.5) is 0 Å². The Morgan fingerprint density at radius 2 is 2.00 bits per heavy atom. The zero-order valence-electron chi connectivity index (χ0n) is 10.1. The second kappa shape index (κ2) is 4.61. The third-order valence-electron chi connectivity index (χ3n) is 3.25. The van der Waals surface area contributed by atoms with Gasteiger partial charge in [0, 0.05) is 11.8 Å². The number of hydrogen-bond donors (Lipinski definition) is 0. The van der Waals surface area contributed by atoms with E-state index >= 15 is 0 Å². The zero-order chi connectivity index (χ0) is 12.4. The smallest absolute Gasteiger partial charge is 0.227 e. The number of aromatic nitrogens is 1. The van der Waals surface area contributed by atoms with E-state index in [0.717, 1.165) is 18.7 Å². The van der Waals surface area contributed by atoms with Crippen LogP contribution in [-0.2, 0) is 6.54 Å².